The van der Waals surface area contributed by atoms with Crippen LogP contribution in [0.4, 0.5) is 13.6 Å². The highest BCUT2D eigenvalue weighted by atomic mass is 19.3. The quantitative estimate of drug-likeness (QED) is 0.834. The van der Waals surface area contributed by atoms with E-state index in [1.54, 1.807) is 19.1 Å². The van der Waals surface area contributed by atoms with Crippen LogP contribution in [0, 0.1) is 0 Å². The monoisotopic (exact) mass is 332 g/mol. The Balaban J connectivity index is 2.95. The molecule has 1 aromatic carbocycles. The SMILES string of the molecule is COc1cc([C@H](C)NC(=O)N(C)CC(F)F)cc(OC)c1OC. The van der Waals surface area contributed by atoms with Gasteiger partial charge in [-0.15, -0.1) is 0 Å². The van der Waals surface area contributed by atoms with Crippen LogP contribution in [0.5, 0.6) is 17.2 Å². The van der Waals surface area contributed by atoms with E-state index in [-0.39, 0.29) is 0 Å². The number of hydrogen-bond donors (Lipinski definition) is 1. The molecular weight excluding hydrogens is 310 g/mol. The molecule has 0 saturated heterocycles. The lowest BCUT2D eigenvalue weighted by atomic mass is 10.1. The van der Waals surface area contributed by atoms with Crippen LogP contribution in [0.3, 0.4) is 0 Å². The zero-order chi connectivity index (χ0) is 17.6. The maximum atomic E-state index is 12.3. The van der Waals surface area contributed by atoms with Crippen molar-refractivity contribution in [3.8, 4) is 17.2 Å². The number of halogens is 2. The number of rotatable bonds is 7. The summed E-state index contributed by atoms with van der Waals surface area (Å²) in [4.78, 5) is 12.8. The third-order valence-electron chi connectivity index (χ3n) is 3.29. The molecule has 0 unspecified atom stereocenters. The molecule has 0 heterocycles. The van der Waals surface area contributed by atoms with E-state index in [0.717, 1.165) is 4.90 Å². The van der Waals surface area contributed by atoms with Crippen LogP contribution >= 0.6 is 0 Å². The molecule has 130 valence electrons. The van der Waals surface area contributed by atoms with Crippen molar-refractivity contribution in [1.29, 1.82) is 0 Å². The van der Waals surface area contributed by atoms with Gasteiger partial charge in [-0.1, -0.05) is 0 Å². The predicted octanol–water partition coefficient (Wildman–Crippen LogP) is 2.68. The van der Waals surface area contributed by atoms with Crippen molar-refractivity contribution >= 4 is 6.03 Å². The predicted molar refractivity (Wildman–Crippen MR) is 81.7 cm³/mol. The van der Waals surface area contributed by atoms with E-state index >= 15 is 0 Å². The molecule has 0 aliphatic carbocycles. The first-order chi connectivity index (χ1) is 10.8. The number of nitrogens with zero attached hydrogens (tertiary/aromatic N) is 1. The van der Waals surface area contributed by atoms with Gasteiger partial charge in [-0.2, -0.15) is 0 Å². The Kier molecular flexibility index (Phi) is 6.87. The van der Waals surface area contributed by atoms with Crippen LogP contribution in [0.2, 0.25) is 0 Å². The summed E-state index contributed by atoms with van der Waals surface area (Å²) in [7, 11) is 5.77. The topological polar surface area (TPSA) is 60.0 Å². The van der Waals surface area contributed by atoms with Gasteiger partial charge < -0.3 is 24.4 Å². The molecule has 1 aromatic rings. The molecule has 6 nitrogen and oxygen atoms in total. The molecule has 0 radical (unpaired) electrons. The first-order valence-corrected chi connectivity index (χ1v) is 6.93. The van der Waals surface area contributed by atoms with Crippen molar-refractivity contribution in [2.45, 2.75) is 19.4 Å². The van der Waals surface area contributed by atoms with Crippen molar-refractivity contribution in [3.63, 3.8) is 0 Å². The van der Waals surface area contributed by atoms with Gasteiger partial charge in [0.05, 0.1) is 33.9 Å². The minimum absolute atomic E-state index is 0.434. The van der Waals surface area contributed by atoms with Gasteiger partial charge in [0.1, 0.15) is 0 Å². The lowest BCUT2D eigenvalue weighted by Crippen LogP contribution is -2.40. The molecule has 0 bridgehead atoms. The lowest BCUT2D eigenvalue weighted by Gasteiger charge is -2.22. The number of methoxy groups -OCH3 is 3. The standard InChI is InChI=1S/C15H22F2N2O4/c1-9(18-15(20)19(2)8-13(16)17)10-6-11(21-3)14(23-5)12(7-10)22-4/h6-7,9,13H,8H2,1-5H3,(H,18,20)/t9-/m0/s1. The number of ether oxygens (including phenoxy) is 3. The van der Waals surface area contributed by atoms with Crippen molar-refractivity contribution in [2.75, 3.05) is 34.9 Å². The van der Waals surface area contributed by atoms with Gasteiger partial charge in [0, 0.05) is 7.05 Å². The molecule has 0 aliphatic heterocycles. The van der Waals surface area contributed by atoms with Gasteiger partial charge >= 0.3 is 6.03 Å². The zero-order valence-electron chi connectivity index (χ0n) is 13.9. The van der Waals surface area contributed by atoms with Crippen LogP contribution in [-0.4, -0.2) is 52.3 Å². The second-order valence-electron chi connectivity index (χ2n) is 4.90. The molecule has 0 aromatic heterocycles. The largest absolute Gasteiger partial charge is 0.493 e. The van der Waals surface area contributed by atoms with Crippen molar-refractivity contribution in [2.24, 2.45) is 0 Å². The van der Waals surface area contributed by atoms with Gasteiger partial charge in [-0.05, 0) is 24.6 Å². The summed E-state index contributed by atoms with van der Waals surface area (Å²) in [5.41, 5.74) is 0.693. The van der Waals surface area contributed by atoms with E-state index in [9.17, 15) is 13.6 Å². The average molecular weight is 332 g/mol. The Morgan fingerprint density at radius 3 is 2.09 bits per heavy atom. The van der Waals surface area contributed by atoms with Crippen LogP contribution in [-0.2, 0) is 0 Å². The summed E-state index contributed by atoms with van der Waals surface area (Å²) >= 11 is 0. The molecule has 1 N–H and O–H groups in total. The van der Waals surface area contributed by atoms with Gasteiger partial charge in [0.15, 0.2) is 11.5 Å². The Morgan fingerprint density at radius 1 is 1.17 bits per heavy atom. The molecule has 1 atom stereocenters. The Hall–Kier alpha value is -2.25. The summed E-state index contributed by atoms with van der Waals surface area (Å²) < 4.78 is 40.4. The summed E-state index contributed by atoms with van der Waals surface area (Å²) in [5.74, 6) is 1.33. The molecule has 0 fully saturated rings. The Bertz CT molecular complexity index is 515. The summed E-state index contributed by atoms with van der Waals surface area (Å²) in [6.07, 6.45) is -2.58. The average Bonchev–Trinajstić information content (AvgIpc) is 2.52. The first-order valence-electron chi connectivity index (χ1n) is 6.93. The van der Waals surface area contributed by atoms with Crippen LogP contribution in [0.25, 0.3) is 0 Å². The maximum Gasteiger partial charge on any atom is 0.317 e. The number of carbonyl (C=O) groups is 1. The second-order valence-corrected chi connectivity index (χ2v) is 4.90. The molecular formula is C15H22F2N2O4. The Labute approximate surface area is 134 Å². The van der Waals surface area contributed by atoms with Crippen molar-refractivity contribution in [1.82, 2.24) is 10.2 Å². The fraction of sp³-hybridized carbons (Fsp3) is 0.533. The fourth-order valence-electron chi connectivity index (χ4n) is 2.02. The number of hydrogen-bond acceptors (Lipinski definition) is 4. The lowest BCUT2D eigenvalue weighted by molar-refractivity contribution is 0.107. The molecule has 0 aliphatic rings. The maximum absolute atomic E-state index is 12.3. The summed E-state index contributed by atoms with van der Waals surface area (Å²) in [6.45, 7) is 1.10. The van der Waals surface area contributed by atoms with E-state index in [0.29, 0.717) is 22.8 Å². The molecule has 23 heavy (non-hydrogen) atoms. The fourth-order valence-corrected chi connectivity index (χ4v) is 2.02. The highest BCUT2D eigenvalue weighted by Gasteiger charge is 2.20. The number of carbonyl (C=O) groups excluding carboxylic acids is 1. The van der Waals surface area contributed by atoms with Gasteiger partial charge in [0.2, 0.25) is 5.75 Å². The number of amides is 2. The number of benzene rings is 1. The number of alkyl halides is 2. The molecule has 8 heteroatoms. The smallest absolute Gasteiger partial charge is 0.317 e. The Morgan fingerprint density at radius 2 is 1.70 bits per heavy atom. The normalized spacial score (nSPS) is 11.8. The van der Waals surface area contributed by atoms with E-state index in [1.165, 1.54) is 28.4 Å². The molecule has 0 saturated carbocycles. The number of nitrogens with one attached hydrogen (secondary N) is 1. The van der Waals surface area contributed by atoms with Crippen LogP contribution in [0.1, 0.15) is 18.5 Å². The highest BCUT2D eigenvalue weighted by Crippen LogP contribution is 2.39. The van der Waals surface area contributed by atoms with Gasteiger partial charge in [-0.3, -0.25) is 0 Å². The molecule has 0 spiro atoms. The van der Waals surface area contributed by atoms with E-state index < -0.39 is 25.0 Å². The van der Waals surface area contributed by atoms with E-state index in [1.807, 2.05) is 0 Å². The van der Waals surface area contributed by atoms with Crippen LogP contribution < -0.4 is 19.5 Å². The summed E-state index contributed by atoms with van der Waals surface area (Å²) in [5, 5.41) is 2.64. The third-order valence-corrected chi connectivity index (χ3v) is 3.29. The minimum Gasteiger partial charge on any atom is -0.493 e. The summed E-state index contributed by atoms with van der Waals surface area (Å²) in [6, 6.07) is 2.36. The van der Waals surface area contributed by atoms with Gasteiger partial charge in [0.25, 0.3) is 6.43 Å². The third kappa shape index (κ3) is 4.87. The number of urea groups is 1. The van der Waals surface area contributed by atoms with E-state index in [4.69, 9.17) is 14.2 Å². The highest BCUT2D eigenvalue weighted by molar-refractivity contribution is 5.74. The second kappa shape index (κ2) is 8.40. The van der Waals surface area contributed by atoms with Crippen molar-refractivity contribution in [3.05, 3.63) is 17.7 Å². The molecule has 2 amide bonds. The molecule has 1 rings (SSSR count). The van der Waals surface area contributed by atoms with E-state index in [2.05, 4.69) is 5.32 Å². The van der Waals surface area contributed by atoms with Crippen molar-refractivity contribution < 1.29 is 27.8 Å². The minimum atomic E-state index is -2.58. The first kappa shape index (κ1) is 18.8. The zero-order valence-corrected chi connectivity index (χ0v) is 13.9. The van der Waals surface area contributed by atoms with Gasteiger partial charge in [-0.25, -0.2) is 13.6 Å². The van der Waals surface area contributed by atoms with Crippen LogP contribution in [0.15, 0.2) is 12.1 Å².